The summed E-state index contributed by atoms with van der Waals surface area (Å²) in [5.41, 5.74) is -0.225. The summed E-state index contributed by atoms with van der Waals surface area (Å²) in [4.78, 5) is 10.5. The van der Waals surface area contributed by atoms with Crippen LogP contribution in [0, 0.1) is 15.9 Å². The van der Waals surface area contributed by atoms with Crippen molar-refractivity contribution in [2.45, 2.75) is 24.3 Å². The number of benzene rings is 2. The summed E-state index contributed by atoms with van der Waals surface area (Å²) >= 11 is 0. The number of hydrogen-bond acceptors (Lipinski definition) is 5. The van der Waals surface area contributed by atoms with Crippen LogP contribution < -0.4 is 4.74 Å². The standard InChI is InChI=1S/C17H17FN2O5S/c18-15-6-2-1-5-13(15)12-25-17-8-7-14(11-16(17)20(21)22)26(23,24)19-9-3-4-10-19/h1-2,5-8,11H,3-4,9-10,12H2. The molecule has 0 amide bonds. The lowest BCUT2D eigenvalue weighted by Gasteiger charge is -2.16. The van der Waals surface area contributed by atoms with E-state index < -0.39 is 26.5 Å². The Morgan fingerprint density at radius 1 is 1.15 bits per heavy atom. The highest BCUT2D eigenvalue weighted by molar-refractivity contribution is 7.89. The van der Waals surface area contributed by atoms with Crippen LogP contribution in [-0.4, -0.2) is 30.7 Å². The Morgan fingerprint density at radius 2 is 1.85 bits per heavy atom. The number of nitrogens with zero attached hydrogens (tertiary/aromatic N) is 2. The molecule has 2 aromatic rings. The summed E-state index contributed by atoms with van der Waals surface area (Å²) in [7, 11) is -3.77. The van der Waals surface area contributed by atoms with Crippen LogP contribution in [0.1, 0.15) is 18.4 Å². The lowest BCUT2D eigenvalue weighted by Crippen LogP contribution is -2.27. The van der Waals surface area contributed by atoms with Crippen LogP contribution in [0.25, 0.3) is 0 Å². The Labute approximate surface area is 150 Å². The second-order valence-corrected chi connectivity index (χ2v) is 7.82. The highest BCUT2D eigenvalue weighted by Crippen LogP contribution is 2.32. The van der Waals surface area contributed by atoms with E-state index in [-0.39, 0.29) is 22.8 Å². The van der Waals surface area contributed by atoms with Crippen molar-refractivity contribution in [1.82, 2.24) is 4.31 Å². The zero-order valence-corrected chi connectivity index (χ0v) is 14.6. The van der Waals surface area contributed by atoms with E-state index in [4.69, 9.17) is 4.74 Å². The molecule has 1 saturated heterocycles. The van der Waals surface area contributed by atoms with Crippen molar-refractivity contribution in [3.63, 3.8) is 0 Å². The van der Waals surface area contributed by atoms with Gasteiger partial charge in [-0.05, 0) is 31.0 Å². The van der Waals surface area contributed by atoms with Gasteiger partial charge in [0.05, 0.1) is 9.82 Å². The summed E-state index contributed by atoms with van der Waals surface area (Å²) in [5.74, 6) is -0.595. The molecule has 1 aliphatic heterocycles. The lowest BCUT2D eigenvalue weighted by atomic mass is 10.2. The van der Waals surface area contributed by atoms with E-state index in [9.17, 15) is 22.9 Å². The van der Waals surface area contributed by atoms with E-state index >= 15 is 0 Å². The average molecular weight is 380 g/mol. The zero-order valence-electron chi connectivity index (χ0n) is 13.8. The van der Waals surface area contributed by atoms with Crippen LogP contribution in [0.4, 0.5) is 10.1 Å². The van der Waals surface area contributed by atoms with Gasteiger partial charge in [0.15, 0.2) is 5.75 Å². The first-order valence-electron chi connectivity index (χ1n) is 8.04. The number of ether oxygens (including phenoxy) is 1. The summed E-state index contributed by atoms with van der Waals surface area (Å²) in [6.07, 6.45) is 1.54. The van der Waals surface area contributed by atoms with E-state index in [1.807, 2.05) is 0 Å². The minimum Gasteiger partial charge on any atom is -0.482 e. The fraction of sp³-hybridized carbons (Fsp3) is 0.294. The monoisotopic (exact) mass is 380 g/mol. The van der Waals surface area contributed by atoms with Crippen molar-refractivity contribution in [3.05, 3.63) is 64.0 Å². The van der Waals surface area contributed by atoms with Crippen LogP contribution in [0.15, 0.2) is 47.4 Å². The van der Waals surface area contributed by atoms with Gasteiger partial charge in [0.25, 0.3) is 0 Å². The zero-order chi connectivity index (χ0) is 18.7. The van der Waals surface area contributed by atoms with Gasteiger partial charge in [-0.2, -0.15) is 4.31 Å². The van der Waals surface area contributed by atoms with Gasteiger partial charge in [-0.25, -0.2) is 12.8 Å². The molecular weight excluding hydrogens is 363 g/mol. The molecule has 1 heterocycles. The van der Waals surface area contributed by atoms with Gasteiger partial charge in [0, 0.05) is 24.7 Å². The van der Waals surface area contributed by atoms with Gasteiger partial charge in [-0.1, -0.05) is 18.2 Å². The molecule has 0 saturated carbocycles. The topological polar surface area (TPSA) is 89.8 Å². The molecule has 2 aromatic carbocycles. The Bertz CT molecular complexity index is 927. The van der Waals surface area contributed by atoms with Gasteiger partial charge in [0.1, 0.15) is 12.4 Å². The van der Waals surface area contributed by atoms with Crippen molar-refractivity contribution in [2.24, 2.45) is 0 Å². The molecule has 1 fully saturated rings. The van der Waals surface area contributed by atoms with Crippen molar-refractivity contribution in [1.29, 1.82) is 0 Å². The van der Waals surface area contributed by atoms with Crippen LogP contribution in [0.2, 0.25) is 0 Å². The van der Waals surface area contributed by atoms with Crippen molar-refractivity contribution >= 4 is 15.7 Å². The number of nitro benzene ring substituents is 1. The predicted octanol–water partition coefficient (Wildman–Crippen LogP) is 3.10. The molecule has 0 spiro atoms. The predicted molar refractivity (Wildman–Crippen MR) is 91.8 cm³/mol. The second kappa shape index (κ2) is 7.38. The fourth-order valence-corrected chi connectivity index (χ4v) is 4.31. The molecule has 7 nitrogen and oxygen atoms in total. The third-order valence-electron chi connectivity index (χ3n) is 4.17. The molecule has 138 valence electrons. The van der Waals surface area contributed by atoms with Gasteiger partial charge >= 0.3 is 5.69 Å². The minimum absolute atomic E-state index is 0.112. The van der Waals surface area contributed by atoms with Crippen molar-refractivity contribution in [3.8, 4) is 5.75 Å². The fourth-order valence-electron chi connectivity index (χ4n) is 2.77. The average Bonchev–Trinajstić information content (AvgIpc) is 3.16. The number of sulfonamides is 1. The normalized spacial score (nSPS) is 15.1. The van der Waals surface area contributed by atoms with Gasteiger partial charge in [-0.3, -0.25) is 10.1 Å². The van der Waals surface area contributed by atoms with E-state index in [0.29, 0.717) is 13.1 Å². The SMILES string of the molecule is O=[N+]([O-])c1cc(S(=O)(=O)N2CCCC2)ccc1OCc1ccccc1F. The van der Waals surface area contributed by atoms with Crippen LogP contribution in [0.5, 0.6) is 5.75 Å². The number of halogens is 1. The lowest BCUT2D eigenvalue weighted by molar-refractivity contribution is -0.386. The maximum atomic E-state index is 13.6. The van der Waals surface area contributed by atoms with Crippen molar-refractivity contribution < 1.29 is 22.5 Å². The van der Waals surface area contributed by atoms with Crippen LogP contribution in [0.3, 0.4) is 0 Å². The molecule has 0 N–H and O–H groups in total. The molecule has 9 heteroatoms. The highest BCUT2D eigenvalue weighted by atomic mass is 32.2. The number of nitro groups is 1. The van der Waals surface area contributed by atoms with Crippen molar-refractivity contribution in [2.75, 3.05) is 13.1 Å². The first-order valence-corrected chi connectivity index (χ1v) is 9.48. The van der Waals surface area contributed by atoms with E-state index in [1.54, 1.807) is 6.07 Å². The summed E-state index contributed by atoms with van der Waals surface area (Å²) in [6.45, 7) is 0.606. The molecular formula is C17H17FN2O5S. The summed E-state index contributed by atoms with van der Waals surface area (Å²) in [5, 5.41) is 11.3. The third-order valence-corrected chi connectivity index (χ3v) is 6.07. The molecule has 0 bridgehead atoms. The number of rotatable bonds is 6. The highest BCUT2D eigenvalue weighted by Gasteiger charge is 2.29. The summed E-state index contributed by atoms with van der Waals surface area (Å²) in [6, 6.07) is 9.43. The smallest absolute Gasteiger partial charge is 0.312 e. The minimum atomic E-state index is -3.77. The number of hydrogen-bond donors (Lipinski definition) is 0. The van der Waals surface area contributed by atoms with E-state index in [0.717, 1.165) is 18.9 Å². The Kier molecular flexibility index (Phi) is 5.19. The van der Waals surface area contributed by atoms with E-state index in [1.165, 1.54) is 34.6 Å². The van der Waals surface area contributed by atoms with Crippen LogP contribution >= 0.6 is 0 Å². The Balaban J connectivity index is 1.88. The van der Waals surface area contributed by atoms with Crippen LogP contribution in [-0.2, 0) is 16.6 Å². The first kappa shape index (κ1) is 18.3. The molecule has 0 aromatic heterocycles. The Morgan fingerprint density at radius 3 is 2.50 bits per heavy atom. The van der Waals surface area contributed by atoms with Gasteiger partial charge in [-0.15, -0.1) is 0 Å². The molecule has 0 aliphatic carbocycles. The maximum absolute atomic E-state index is 13.6. The second-order valence-electron chi connectivity index (χ2n) is 5.88. The molecule has 1 aliphatic rings. The van der Waals surface area contributed by atoms with Gasteiger partial charge in [0.2, 0.25) is 10.0 Å². The molecule has 0 unspecified atom stereocenters. The summed E-state index contributed by atoms with van der Waals surface area (Å²) < 4.78 is 45.4. The quantitative estimate of drug-likeness (QED) is 0.567. The largest absolute Gasteiger partial charge is 0.482 e. The first-order chi connectivity index (χ1) is 12.4. The molecule has 0 atom stereocenters. The Hall–Kier alpha value is -2.52. The molecule has 0 radical (unpaired) electrons. The van der Waals surface area contributed by atoms with E-state index in [2.05, 4.69) is 0 Å². The third kappa shape index (κ3) is 3.68. The molecule has 26 heavy (non-hydrogen) atoms. The van der Waals surface area contributed by atoms with Gasteiger partial charge < -0.3 is 4.74 Å². The maximum Gasteiger partial charge on any atom is 0.312 e. The molecule has 3 rings (SSSR count).